The molecule has 0 spiro atoms. The van der Waals surface area contributed by atoms with Crippen LogP contribution in [-0.4, -0.2) is 6.04 Å². The largest absolute Gasteiger partial charge is 0.459 e. The lowest BCUT2D eigenvalue weighted by Gasteiger charge is -2.23. The number of benzene rings is 1. The zero-order valence-electron chi connectivity index (χ0n) is 13.5. The summed E-state index contributed by atoms with van der Waals surface area (Å²) in [5.41, 5.74) is 1.50. The van der Waals surface area contributed by atoms with Gasteiger partial charge in [0, 0.05) is 11.4 Å². The molecule has 0 radical (unpaired) electrons. The summed E-state index contributed by atoms with van der Waals surface area (Å²) in [5, 5.41) is 4.98. The summed E-state index contributed by atoms with van der Waals surface area (Å²) in [4.78, 5) is 0. The molecule has 21 heavy (non-hydrogen) atoms. The molecule has 1 fully saturated rings. The van der Waals surface area contributed by atoms with Crippen LogP contribution in [0.5, 0.6) is 0 Å². The van der Waals surface area contributed by atoms with E-state index in [1.807, 2.05) is 12.1 Å². The predicted molar refractivity (Wildman–Crippen MR) is 88.4 cm³/mol. The van der Waals surface area contributed by atoms with Gasteiger partial charge in [0.1, 0.15) is 11.3 Å². The van der Waals surface area contributed by atoms with Crippen LogP contribution in [-0.2, 0) is 0 Å². The second-order valence-corrected chi connectivity index (χ2v) is 7.37. The van der Waals surface area contributed by atoms with E-state index < -0.39 is 0 Å². The van der Waals surface area contributed by atoms with Crippen molar-refractivity contribution in [3.05, 3.63) is 36.1 Å². The second kappa shape index (κ2) is 5.84. The maximum atomic E-state index is 5.98. The minimum Gasteiger partial charge on any atom is -0.459 e. The topological polar surface area (TPSA) is 25.2 Å². The molecular weight excluding hydrogens is 258 g/mol. The molecule has 2 heteroatoms. The van der Waals surface area contributed by atoms with Crippen LogP contribution in [0.2, 0.25) is 0 Å². The summed E-state index contributed by atoms with van der Waals surface area (Å²) in [6.07, 6.45) is 6.56. The third-order valence-corrected chi connectivity index (χ3v) is 4.93. The van der Waals surface area contributed by atoms with Gasteiger partial charge in [-0.25, -0.2) is 0 Å². The SMILES string of the molecule is CC(NC1CCCC(C)(C)CC1)c1cc2ccccc2o1. The third kappa shape index (κ3) is 3.49. The van der Waals surface area contributed by atoms with Crippen molar-refractivity contribution < 1.29 is 4.42 Å². The van der Waals surface area contributed by atoms with Crippen molar-refractivity contribution in [2.45, 2.75) is 65.0 Å². The van der Waals surface area contributed by atoms with Crippen molar-refractivity contribution in [2.75, 3.05) is 0 Å². The molecule has 1 aromatic carbocycles. The summed E-state index contributed by atoms with van der Waals surface area (Å²) in [5.74, 6) is 1.06. The fourth-order valence-corrected chi connectivity index (χ4v) is 3.48. The first-order chi connectivity index (χ1) is 10.0. The summed E-state index contributed by atoms with van der Waals surface area (Å²) in [6.45, 7) is 7.02. The van der Waals surface area contributed by atoms with Gasteiger partial charge in [-0.15, -0.1) is 0 Å². The lowest BCUT2D eigenvalue weighted by molar-refractivity contribution is 0.305. The molecule has 0 amide bonds. The molecular formula is C19H27NO. The van der Waals surface area contributed by atoms with Gasteiger partial charge in [-0.2, -0.15) is 0 Å². The number of nitrogens with one attached hydrogen (secondary N) is 1. The number of para-hydroxylation sites is 1. The van der Waals surface area contributed by atoms with Crippen LogP contribution >= 0.6 is 0 Å². The van der Waals surface area contributed by atoms with Crippen molar-refractivity contribution in [3.63, 3.8) is 0 Å². The molecule has 3 rings (SSSR count). The Kier molecular flexibility index (Phi) is 4.08. The first-order valence-corrected chi connectivity index (χ1v) is 8.28. The van der Waals surface area contributed by atoms with Gasteiger partial charge in [0.05, 0.1) is 6.04 Å². The highest BCUT2D eigenvalue weighted by atomic mass is 16.3. The molecule has 1 aliphatic carbocycles. The van der Waals surface area contributed by atoms with Gasteiger partial charge in [0.25, 0.3) is 0 Å². The maximum Gasteiger partial charge on any atom is 0.134 e. The van der Waals surface area contributed by atoms with E-state index in [1.54, 1.807) is 0 Å². The molecule has 0 bridgehead atoms. The quantitative estimate of drug-likeness (QED) is 0.759. The third-order valence-electron chi connectivity index (χ3n) is 4.93. The van der Waals surface area contributed by atoms with Gasteiger partial charge < -0.3 is 9.73 Å². The van der Waals surface area contributed by atoms with Gasteiger partial charge >= 0.3 is 0 Å². The lowest BCUT2D eigenvalue weighted by Crippen LogP contribution is -2.31. The summed E-state index contributed by atoms with van der Waals surface area (Å²) < 4.78 is 5.98. The number of furan rings is 1. The molecule has 1 heterocycles. The van der Waals surface area contributed by atoms with Crippen molar-refractivity contribution in [1.29, 1.82) is 0 Å². The van der Waals surface area contributed by atoms with Crippen LogP contribution in [0.3, 0.4) is 0 Å². The predicted octanol–water partition coefficient (Wildman–Crippen LogP) is 5.44. The normalized spacial score (nSPS) is 23.9. The molecule has 114 valence electrons. The average Bonchev–Trinajstić information content (AvgIpc) is 2.81. The summed E-state index contributed by atoms with van der Waals surface area (Å²) >= 11 is 0. The van der Waals surface area contributed by atoms with Crippen LogP contribution in [0.4, 0.5) is 0 Å². The van der Waals surface area contributed by atoms with E-state index in [0.29, 0.717) is 11.5 Å². The number of hydrogen-bond donors (Lipinski definition) is 1. The minimum absolute atomic E-state index is 0.281. The van der Waals surface area contributed by atoms with Gasteiger partial charge in [0.2, 0.25) is 0 Å². The fourth-order valence-electron chi connectivity index (χ4n) is 3.48. The van der Waals surface area contributed by atoms with Gasteiger partial charge in [-0.05, 0) is 50.2 Å². The standard InChI is InChI=1S/C19H27NO/c1-14(18-13-15-7-4-5-9-17(15)21-18)20-16-8-6-11-19(2,3)12-10-16/h4-5,7,9,13-14,16,20H,6,8,10-12H2,1-3H3. The Hall–Kier alpha value is -1.28. The Bertz CT molecular complexity index is 565. The van der Waals surface area contributed by atoms with Gasteiger partial charge in [0.15, 0.2) is 0 Å². The van der Waals surface area contributed by atoms with E-state index in [9.17, 15) is 0 Å². The van der Waals surface area contributed by atoms with Crippen molar-refractivity contribution in [2.24, 2.45) is 5.41 Å². The van der Waals surface area contributed by atoms with Crippen molar-refractivity contribution in [1.82, 2.24) is 5.32 Å². The zero-order chi connectivity index (χ0) is 14.9. The van der Waals surface area contributed by atoms with Crippen LogP contribution in [0.15, 0.2) is 34.7 Å². The molecule has 1 N–H and O–H groups in total. The molecule has 1 saturated carbocycles. The number of rotatable bonds is 3. The Morgan fingerprint density at radius 1 is 1.19 bits per heavy atom. The maximum absolute atomic E-state index is 5.98. The van der Waals surface area contributed by atoms with Gasteiger partial charge in [-0.1, -0.05) is 38.5 Å². The Labute approximate surface area is 127 Å². The van der Waals surface area contributed by atoms with Crippen LogP contribution in [0, 0.1) is 5.41 Å². The van der Waals surface area contributed by atoms with E-state index in [1.165, 1.54) is 37.5 Å². The first-order valence-electron chi connectivity index (χ1n) is 8.28. The molecule has 2 unspecified atom stereocenters. The second-order valence-electron chi connectivity index (χ2n) is 7.37. The Morgan fingerprint density at radius 3 is 2.81 bits per heavy atom. The summed E-state index contributed by atoms with van der Waals surface area (Å²) in [6, 6.07) is 11.3. The van der Waals surface area contributed by atoms with E-state index in [-0.39, 0.29) is 6.04 Å². The first kappa shape index (κ1) is 14.6. The lowest BCUT2D eigenvalue weighted by atomic mass is 9.85. The molecule has 0 aliphatic heterocycles. The molecule has 1 aliphatic rings. The molecule has 1 aromatic heterocycles. The average molecular weight is 285 g/mol. The van der Waals surface area contributed by atoms with E-state index >= 15 is 0 Å². The monoisotopic (exact) mass is 285 g/mol. The van der Waals surface area contributed by atoms with Gasteiger partial charge in [-0.3, -0.25) is 0 Å². The van der Waals surface area contributed by atoms with E-state index in [4.69, 9.17) is 4.42 Å². The van der Waals surface area contributed by atoms with Crippen LogP contribution < -0.4 is 5.32 Å². The fraction of sp³-hybridized carbons (Fsp3) is 0.579. The van der Waals surface area contributed by atoms with E-state index in [0.717, 1.165) is 11.3 Å². The minimum atomic E-state index is 0.281. The number of hydrogen-bond acceptors (Lipinski definition) is 2. The molecule has 0 saturated heterocycles. The number of fused-ring (bicyclic) bond motifs is 1. The highest BCUT2D eigenvalue weighted by Crippen LogP contribution is 2.34. The van der Waals surface area contributed by atoms with E-state index in [2.05, 4.69) is 44.3 Å². The summed E-state index contributed by atoms with van der Waals surface area (Å²) in [7, 11) is 0. The molecule has 2 atom stereocenters. The zero-order valence-corrected chi connectivity index (χ0v) is 13.5. The highest BCUT2D eigenvalue weighted by molar-refractivity contribution is 5.77. The van der Waals surface area contributed by atoms with Crippen LogP contribution in [0.1, 0.15) is 64.7 Å². The smallest absolute Gasteiger partial charge is 0.134 e. The highest BCUT2D eigenvalue weighted by Gasteiger charge is 2.25. The Balaban J connectivity index is 1.66. The van der Waals surface area contributed by atoms with Crippen LogP contribution in [0.25, 0.3) is 11.0 Å². The Morgan fingerprint density at radius 2 is 2.00 bits per heavy atom. The van der Waals surface area contributed by atoms with Crippen molar-refractivity contribution in [3.8, 4) is 0 Å². The molecule has 2 nitrogen and oxygen atoms in total. The van der Waals surface area contributed by atoms with Crippen molar-refractivity contribution >= 4 is 11.0 Å². The molecule has 2 aromatic rings.